The highest BCUT2D eigenvalue weighted by atomic mass is 32.1. The van der Waals surface area contributed by atoms with Crippen molar-refractivity contribution in [2.75, 3.05) is 19.0 Å². The molecule has 2 rings (SSSR count). The van der Waals surface area contributed by atoms with Gasteiger partial charge in [0.15, 0.2) is 16.8 Å². The molecule has 1 heterocycles. The third kappa shape index (κ3) is 4.25. The van der Waals surface area contributed by atoms with Crippen LogP contribution >= 0.6 is 11.3 Å². The van der Waals surface area contributed by atoms with Crippen LogP contribution in [0.5, 0.6) is 0 Å². The summed E-state index contributed by atoms with van der Waals surface area (Å²) in [5, 5.41) is 14.4. The number of halogens is 2. The maximum atomic E-state index is 13.3. The summed E-state index contributed by atoms with van der Waals surface area (Å²) in [7, 11) is 3.87. The van der Waals surface area contributed by atoms with Crippen molar-refractivity contribution in [3.8, 4) is 0 Å². The first kappa shape index (κ1) is 17.8. The molecule has 2 N–H and O–H groups in total. The fraction of sp³-hybridized carbons (Fsp3) is 0.438. The minimum atomic E-state index is -0.956. The van der Waals surface area contributed by atoms with Gasteiger partial charge in [-0.1, -0.05) is 6.07 Å². The number of aromatic nitrogens is 1. The van der Waals surface area contributed by atoms with Gasteiger partial charge in [-0.15, -0.1) is 11.3 Å². The normalized spacial score (nSPS) is 13.9. The Balaban J connectivity index is 2.01. The molecule has 0 saturated heterocycles. The molecule has 0 fully saturated rings. The van der Waals surface area contributed by atoms with Crippen molar-refractivity contribution in [3.05, 3.63) is 46.0 Å². The number of aliphatic hydroxyl groups excluding tert-OH is 1. The fourth-order valence-electron chi connectivity index (χ4n) is 2.12. The van der Waals surface area contributed by atoms with E-state index in [1.165, 1.54) is 6.07 Å². The highest BCUT2D eigenvalue weighted by molar-refractivity contribution is 7.15. The lowest BCUT2D eigenvalue weighted by Gasteiger charge is -2.20. The number of rotatable bonds is 6. The summed E-state index contributed by atoms with van der Waals surface area (Å²) in [5.74, 6) is -1.87. The number of thiazole rings is 1. The summed E-state index contributed by atoms with van der Waals surface area (Å²) >= 11 is 1.58. The van der Waals surface area contributed by atoms with Crippen molar-refractivity contribution >= 4 is 16.5 Å². The third-order valence-electron chi connectivity index (χ3n) is 3.61. The van der Waals surface area contributed by atoms with Crippen LogP contribution in [-0.2, 0) is 6.54 Å². The Morgan fingerprint density at radius 2 is 2.00 bits per heavy atom. The van der Waals surface area contributed by atoms with Gasteiger partial charge >= 0.3 is 0 Å². The Morgan fingerprint density at radius 3 is 2.57 bits per heavy atom. The van der Waals surface area contributed by atoms with Crippen LogP contribution in [0, 0.1) is 18.6 Å². The van der Waals surface area contributed by atoms with E-state index in [-0.39, 0.29) is 6.04 Å². The van der Waals surface area contributed by atoms with E-state index in [0.717, 1.165) is 27.8 Å². The summed E-state index contributed by atoms with van der Waals surface area (Å²) < 4.78 is 26.2. The summed E-state index contributed by atoms with van der Waals surface area (Å²) in [4.78, 5) is 7.49. The molecule has 7 heteroatoms. The van der Waals surface area contributed by atoms with Crippen LogP contribution in [0.4, 0.5) is 13.9 Å². The topological polar surface area (TPSA) is 48.4 Å². The van der Waals surface area contributed by atoms with E-state index in [2.05, 4.69) is 10.3 Å². The zero-order valence-corrected chi connectivity index (χ0v) is 14.4. The SMILES string of the molecule is Cc1nc(N(C)C)sc1CNC(C)C(O)c1ccc(F)c(F)c1. The molecular weight excluding hydrogens is 320 g/mol. The number of aryl methyl sites for hydroxylation is 1. The third-order valence-corrected chi connectivity index (χ3v) is 4.93. The van der Waals surface area contributed by atoms with Gasteiger partial charge in [0.2, 0.25) is 0 Å². The first-order valence-electron chi connectivity index (χ1n) is 7.29. The highest BCUT2D eigenvalue weighted by Crippen LogP contribution is 2.25. The van der Waals surface area contributed by atoms with Crippen LogP contribution in [0.1, 0.15) is 29.2 Å². The molecule has 1 aromatic heterocycles. The molecule has 0 aliphatic rings. The lowest BCUT2D eigenvalue weighted by Crippen LogP contribution is -2.31. The van der Waals surface area contributed by atoms with Crippen LogP contribution < -0.4 is 10.2 Å². The van der Waals surface area contributed by atoms with E-state index < -0.39 is 17.7 Å². The van der Waals surface area contributed by atoms with Crippen molar-refractivity contribution in [1.29, 1.82) is 0 Å². The first-order valence-corrected chi connectivity index (χ1v) is 8.11. The monoisotopic (exact) mass is 341 g/mol. The number of nitrogens with zero attached hydrogens (tertiary/aromatic N) is 2. The second-order valence-electron chi connectivity index (χ2n) is 5.69. The van der Waals surface area contributed by atoms with Gasteiger partial charge in [-0.2, -0.15) is 0 Å². The maximum absolute atomic E-state index is 13.3. The first-order chi connectivity index (χ1) is 10.8. The van der Waals surface area contributed by atoms with E-state index in [0.29, 0.717) is 12.1 Å². The molecule has 0 spiro atoms. The Bertz CT molecular complexity index is 675. The predicted molar refractivity (Wildman–Crippen MR) is 88.8 cm³/mol. The smallest absolute Gasteiger partial charge is 0.185 e. The lowest BCUT2D eigenvalue weighted by molar-refractivity contribution is 0.135. The molecule has 0 aliphatic carbocycles. The molecule has 23 heavy (non-hydrogen) atoms. The second-order valence-corrected chi connectivity index (χ2v) is 6.75. The Labute approximate surface area is 138 Å². The predicted octanol–water partition coefficient (Wildman–Crippen LogP) is 3.01. The molecule has 0 saturated carbocycles. The number of hydrogen-bond donors (Lipinski definition) is 2. The summed E-state index contributed by atoms with van der Waals surface area (Å²) in [6, 6.07) is 3.13. The van der Waals surface area contributed by atoms with Gasteiger partial charge < -0.3 is 15.3 Å². The van der Waals surface area contributed by atoms with Crippen molar-refractivity contribution < 1.29 is 13.9 Å². The second kappa shape index (κ2) is 7.33. The summed E-state index contributed by atoms with van der Waals surface area (Å²) in [6.07, 6.45) is -0.924. The molecule has 2 atom stereocenters. The molecule has 2 unspecified atom stereocenters. The van der Waals surface area contributed by atoms with Gasteiger partial charge in [0.1, 0.15) is 0 Å². The minimum absolute atomic E-state index is 0.316. The van der Waals surface area contributed by atoms with Crippen LogP contribution in [0.15, 0.2) is 18.2 Å². The van der Waals surface area contributed by atoms with E-state index in [4.69, 9.17) is 0 Å². The van der Waals surface area contributed by atoms with E-state index in [9.17, 15) is 13.9 Å². The standard InChI is InChI=1S/C16H21F2N3OS/c1-9-14(23-16(20-9)21(3)4)8-19-10(2)15(22)11-5-6-12(17)13(18)7-11/h5-7,10,15,19,22H,8H2,1-4H3. The molecule has 0 amide bonds. The Hall–Kier alpha value is -1.57. The van der Waals surface area contributed by atoms with Gasteiger partial charge in [0.05, 0.1) is 11.8 Å². The van der Waals surface area contributed by atoms with Gasteiger partial charge in [-0.05, 0) is 31.5 Å². The van der Waals surface area contributed by atoms with Crippen molar-refractivity contribution in [2.45, 2.75) is 32.5 Å². The highest BCUT2D eigenvalue weighted by Gasteiger charge is 2.18. The van der Waals surface area contributed by atoms with E-state index >= 15 is 0 Å². The van der Waals surface area contributed by atoms with E-state index in [1.54, 1.807) is 18.3 Å². The van der Waals surface area contributed by atoms with Crippen molar-refractivity contribution in [1.82, 2.24) is 10.3 Å². The van der Waals surface area contributed by atoms with E-state index in [1.807, 2.05) is 25.9 Å². The molecule has 2 aromatic rings. The quantitative estimate of drug-likeness (QED) is 0.848. The largest absolute Gasteiger partial charge is 0.387 e. The van der Waals surface area contributed by atoms with Crippen molar-refractivity contribution in [3.63, 3.8) is 0 Å². The summed E-state index contributed by atoms with van der Waals surface area (Å²) in [5.41, 5.74) is 1.29. The van der Waals surface area contributed by atoms with Gasteiger partial charge in [0, 0.05) is 31.6 Å². The zero-order chi connectivity index (χ0) is 17.1. The van der Waals surface area contributed by atoms with Crippen LogP contribution in [-0.4, -0.2) is 30.2 Å². The van der Waals surface area contributed by atoms with Crippen LogP contribution in [0.25, 0.3) is 0 Å². The van der Waals surface area contributed by atoms with Gasteiger partial charge in [-0.3, -0.25) is 0 Å². The molecule has 4 nitrogen and oxygen atoms in total. The lowest BCUT2D eigenvalue weighted by atomic mass is 10.0. The van der Waals surface area contributed by atoms with Crippen LogP contribution in [0.3, 0.4) is 0 Å². The average Bonchev–Trinajstić information content (AvgIpc) is 2.88. The zero-order valence-electron chi connectivity index (χ0n) is 13.6. The molecule has 126 valence electrons. The molecule has 0 aliphatic heterocycles. The molecular formula is C16H21F2N3OS. The number of hydrogen-bond acceptors (Lipinski definition) is 5. The Kier molecular flexibility index (Phi) is 5.67. The average molecular weight is 341 g/mol. The fourth-order valence-corrected chi connectivity index (χ4v) is 3.05. The maximum Gasteiger partial charge on any atom is 0.185 e. The summed E-state index contributed by atoms with van der Waals surface area (Å²) in [6.45, 7) is 4.30. The molecule has 0 radical (unpaired) electrons. The van der Waals surface area contributed by atoms with Gasteiger partial charge in [-0.25, -0.2) is 13.8 Å². The number of benzene rings is 1. The number of nitrogens with one attached hydrogen (secondary N) is 1. The van der Waals surface area contributed by atoms with Crippen LogP contribution in [0.2, 0.25) is 0 Å². The van der Waals surface area contributed by atoms with Crippen molar-refractivity contribution in [2.24, 2.45) is 0 Å². The number of anilines is 1. The molecule has 1 aromatic carbocycles. The Morgan fingerprint density at radius 1 is 1.30 bits per heavy atom. The molecule has 0 bridgehead atoms. The van der Waals surface area contributed by atoms with Gasteiger partial charge in [0.25, 0.3) is 0 Å². The number of aliphatic hydroxyl groups is 1. The minimum Gasteiger partial charge on any atom is -0.387 e.